The minimum atomic E-state index is 0.669. The van der Waals surface area contributed by atoms with Gasteiger partial charge in [0.2, 0.25) is 0 Å². The summed E-state index contributed by atoms with van der Waals surface area (Å²) in [6.07, 6.45) is 0. The zero-order valence-electron chi connectivity index (χ0n) is 23.1. The van der Waals surface area contributed by atoms with Crippen molar-refractivity contribution in [1.82, 2.24) is 0 Å². The zero-order valence-corrected chi connectivity index (χ0v) is 23.1. The summed E-state index contributed by atoms with van der Waals surface area (Å²) in [6, 6.07) is 50.0. The van der Waals surface area contributed by atoms with E-state index in [2.05, 4.69) is 121 Å². The first-order valence-corrected chi connectivity index (χ1v) is 13.6. The quantitative estimate of drug-likeness (QED) is 0.136. The summed E-state index contributed by atoms with van der Waals surface area (Å²) in [7, 11) is 0. The van der Waals surface area contributed by atoms with Crippen LogP contribution in [0, 0.1) is 0 Å². The summed E-state index contributed by atoms with van der Waals surface area (Å²) in [4.78, 5) is 0. The summed E-state index contributed by atoms with van der Waals surface area (Å²) < 4.78 is 0. The number of anilines is 2. The smallest absolute Gasteiger partial charge is 0.0666 e. The van der Waals surface area contributed by atoms with Gasteiger partial charge in [-0.05, 0) is 60.4 Å². The van der Waals surface area contributed by atoms with Gasteiger partial charge >= 0.3 is 0 Å². The Labute approximate surface area is 237 Å². The maximum absolute atomic E-state index is 5.01. The summed E-state index contributed by atoms with van der Waals surface area (Å²) in [5.41, 5.74) is 8.68. The maximum Gasteiger partial charge on any atom is 0.0666 e. The third kappa shape index (κ3) is 7.12. The van der Waals surface area contributed by atoms with E-state index in [1.54, 1.807) is 0 Å². The first-order chi connectivity index (χ1) is 19.7. The Bertz CT molecular complexity index is 1410. The van der Waals surface area contributed by atoms with Gasteiger partial charge in [-0.15, -0.1) is 0 Å². The van der Waals surface area contributed by atoms with E-state index in [0.29, 0.717) is 13.1 Å². The van der Waals surface area contributed by atoms with Gasteiger partial charge in [0.25, 0.3) is 0 Å². The van der Waals surface area contributed by atoms with Crippen LogP contribution in [0.15, 0.2) is 156 Å². The standard InChI is InChI=1S/C36H34N4/c1-29(33-15-7-3-8-16-33)37-39(35-19-11-5-12-20-35)27-31-23-25-32(26-24-31)28-40(36-21-13-6-14-22-36)38-30(2)34-17-9-4-10-18-34/h3-26H,27-28H2,1-2H3/b37-29+,38-30+. The second-order valence-corrected chi connectivity index (χ2v) is 9.71. The van der Waals surface area contributed by atoms with Crippen molar-refractivity contribution in [3.05, 3.63) is 168 Å². The highest BCUT2D eigenvalue weighted by Crippen LogP contribution is 2.21. The number of hydrazone groups is 2. The van der Waals surface area contributed by atoms with E-state index in [4.69, 9.17) is 10.2 Å². The zero-order chi connectivity index (χ0) is 27.6. The Kier molecular flexibility index (Phi) is 8.80. The van der Waals surface area contributed by atoms with Crippen LogP contribution < -0.4 is 10.0 Å². The van der Waals surface area contributed by atoms with Crippen LogP contribution in [0.3, 0.4) is 0 Å². The largest absolute Gasteiger partial charge is 0.261 e. The number of nitrogens with zero attached hydrogens (tertiary/aromatic N) is 4. The van der Waals surface area contributed by atoms with Crippen molar-refractivity contribution in [2.24, 2.45) is 10.2 Å². The second kappa shape index (κ2) is 13.2. The summed E-state index contributed by atoms with van der Waals surface area (Å²) >= 11 is 0. The lowest BCUT2D eigenvalue weighted by Crippen LogP contribution is -2.19. The molecule has 0 atom stereocenters. The third-order valence-corrected chi connectivity index (χ3v) is 6.72. The Morgan fingerprint density at radius 3 is 1.05 bits per heavy atom. The molecular formula is C36H34N4. The molecule has 0 saturated heterocycles. The van der Waals surface area contributed by atoms with Crippen molar-refractivity contribution in [1.29, 1.82) is 0 Å². The monoisotopic (exact) mass is 522 g/mol. The average molecular weight is 523 g/mol. The highest BCUT2D eigenvalue weighted by molar-refractivity contribution is 5.99. The molecule has 0 aliphatic heterocycles. The molecule has 0 aromatic heterocycles. The molecule has 0 spiro atoms. The molecule has 0 unspecified atom stereocenters. The number of hydrogen-bond acceptors (Lipinski definition) is 4. The molecule has 0 heterocycles. The molecule has 5 aromatic rings. The lowest BCUT2D eigenvalue weighted by atomic mass is 10.1. The molecule has 5 rings (SSSR count). The van der Waals surface area contributed by atoms with Gasteiger partial charge < -0.3 is 0 Å². The van der Waals surface area contributed by atoms with Gasteiger partial charge in [0.05, 0.1) is 35.9 Å². The lowest BCUT2D eigenvalue weighted by Gasteiger charge is -2.22. The Hall–Kier alpha value is -4.96. The fourth-order valence-corrected chi connectivity index (χ4v) is 4.50. The molecule has 40 heavy (non-hydrogen) atoms. The van der Waals surface area contributed by atoms with E-state index in [9.17, 15) is 0 Å². The predicted molar refractivity (Wildman–Crippen MR) is 169 cm³/mol. The average Bonchev–Trinajstić information content (AvgIpc) is 3.03. The Morgan fingerprint density at radius 2 is 0.725 bits per heavy atom. The summed E-state index contributed by atoms with van der Waals surface area (Å²) in [6.45, 7) is 5.46. The normalized spacial score (nSPS) is 11.8. The molecule has 4 nitrogen and oxygen atoms in total. The van der Waals surface area contributed by atoms with Crippen LogP contribution in [0.2, 0.25) is 0 Å². The van der Waals surface area contributed by atoms with E-state index < -0.39 is 0 Å². The van der Waals surface area contributed by atoms with Gasteiger partial charge in [-0.1, -0.05) is 121 Å². The highest BCUT2D eigenvalue weighted by Gasteiger charge is 2.11. The van der Waals surface area contributed by atoms with Gasteiger partial charge in [0.1, 0.15) is 0 Å². The van der Waals surface area contributed by atoms with E-state index in [1.165, 1.54) is 11.1 Å². The molecule has 0 bridgehead atoms. The Balaban J connectivity index is 1.37. The summed E-state index contributed by atoms with van der Waals surface area (Å²) in [5.74, 6) is 0. The minimum absolute atomic E-state index is 0.669. The van der Waals surface area contributed by atoms with Crippen molar-refractivity contribution in [3.63, 3.8) is 0 Å². The van der Waals surface area contributed by atoms with E-state index in [1.807, 2.05) is 48.5 Å². The fourth-order valence-electron chi connectivity index (χ4n) is 4.50. The molecule has 4 heteroatoms. The molecule has 198 valence electrons. The maximum atomic E-state index is 5.01. The topological polar surface area (TPSA) is 31.2 Å². The van der Waals surface area contributed by atoms with Crippen LogP contribution >= 0.6 is 0 Å². The SMILES string of the molecule is C/C(=N\N(Cc1ccc(CN(/N=C(\C)c2ccccc2)c2ccccc2)cc1)c1ccccc1)c1ccccc1. The molecule has 0 radical (unpaired) electrons. The fraction of sp³-hybridized carbons (Fsp3) is 0.111. The van der Waals surface area contributed by atoms with Crippen LogP contribution in [0.1, 0.15) is 36.1 Å². The summed E-state index contributed by atoms with van der Waals surface area (Å²) in [5, 5.41) is 14.2. The Morgan fingerprint density at radius 1 is 0.425 bits per heavy atom. The van der Waals surface area contributed by atoms with Gasteiger partial charge in [0, 0.05) is 0 Å². The minimum Gasteiger partial charge on any atom is -0.261 e. The third-order valence-electron chi connectivity index (χ3n) is 6.72. The van der Waals surface area contributed by atoms with Crippen LogP contribution in [0.4, 0.5) is 11.4 Å². The van der Waals surface area contributed by atoms with Crippen LogP contribution in [-0.4, -0.2) is 11.4 Å². The second-order valence-electron chi connectivity index (χ2n) is 9.71. The molecule has 5 aromatic carbocycles. The first kappa shape index (κ1) is 26.6. The van der Waals surface area contributed by atoms with Crippen molar-refractivity contribution in [3.8, 4) is 0 Å². The number of para-hydroxylation sites is 2. The van der Waals surface area contributed by atoms with Crippen LogP contribution in [0.25, 0.3) is 0 Å². The van der Waals surface area contributed by atoms with Gasteiger partial charge in [0.15, 0.2) is 0 Å². The van der Waals surface area contributed by atoms with Gasteiger partial charge in [-0.3, -0.25) is 10.0 Å². The van der Waals surface area contributed by atoms with Crippen LogP contribution in [-0.2, 0) is 13.1 Å². The van der Waals surface area contributed by atoms with Crippen molar-refractivity contribution < 1.29 is 0 Å². The number of hydrogen-bond donors (Lipinski definition) is 0. The molecular weight excluding hydrogens is 488 g/mol. The molecule has 0 fully saturated rings. The van der Waals surface area contributed by atoms with Crippen molar-refractivity contribution in [2.45, 2.75) is 26.9 Å². The molecule has 0 saturated carbocycles. The molecule has 0 aliphatic rings. The highest BCUT2D eigenvalue weighted by atomic mass is 15.5. The molecule has 0 amide bonds. The van der Waals surface area contributed by atoms with Crippen molar-refractivity contribution in [2.75, 3.05) is 10.0 Å². The van der Waals surface area contributed by atoms with E-state index in [-0.39, 0.29) is 0 Å². The molecule has 0 N–H and O–H groups in total. The van der Waals surface area contributed by atoms with Crippen LogP contribution in [0.5, 0.6) is 0 Å². The van der Waals surface area contributed by atoms with E-state index >= 15 is 0 Å². The number of benzene rings is 5. The van der Waals surface area contributed by atoms with Crippen molar-refractivity contribution >= 4 is 22.8 Å². The van der Waals surface area contributed by atoms with Gasteiger partial charge in [-0.2, -0.15) is 10.2 Å². The molecule has 0 aliphatic carbocycles. The number of rotatable bonds is 10. The lowest BCUT2D eigenvalue weighted by molar-refractivity contribution is 0.841. The first-order valence-electron chi connectivity index (χ1n) is 13.6. The predicted octanol–water partition coefficient (Wildman–Crippen LogP) is 8.55. The van der Waals surface area contributed by atoms with Gasteiger partial charge in [-0.25, -0.2) is 0 Å². The van der Waals surface area contributed by atoms with E-state index in [0.717, 1.165) is 33.9 Å².